The number of nitrogens with zero attached hydrogens (tertiary/aromatic N) is 1. The number of carbonyl (C=O) groups excluding carboxylic acids is 2. The van der Waals surface area contributed by atoms with Gasteiger partial charge in [0.2, 0.25) is 5.91 Å². The molecule has 0 unspecified atom stereocenters. The lowest BCUT2D eigenvalue weighted by atomic mass is 9.85. The lowest BCUT2D eigenvalue weighted by molar-refractivity contribution is -0.135. The fourth-order valence-electron chi connectivity index (χ4n) is 3.47. The molecule has 1 heterocycles. The lowest BCUT2D eigenvalue weighted by Gasteiger charge is -2.33. The molecular weight excluding hydrogens is 254 g/mol. The topological polar surface area (TPSA) is 46.6 Å². The number of carbonyl (C=O) groups is 2. The predicted octanol–water partition coefficient (Wildman–Crippen LogP) is 3.51. The first-order valence-corrected chi connectivity index (χ1v) is 7.45. The maximum absolute atomic E-state index is 12.7. The third-order valence-electron chi connectivity index (χ3n) is 4.39. The van der Waals surface area contributed by atoms with Gasteiger partial charge in [-0.15, -0.1) is 0 Å². The number of hydrogen-bond donors (Lipinski definition) is 0. The van der Waals surface area contributed by atoms with Crippen LogP contribution in [0.3, 0.4) is 0 Å². The first-order chi connectivity index (χ1) is 9.24. The number of amides is 2. The minimum atomic E-state index is -0.610. The maximum atomic E-state index is 12.7. The first kappa shape index (κ1) is 15.1. The van der Waals surface area contributed by atoms with E-state index in [0.717, 1.165) is 19.3 Å². The van der Waals surface area contributed by atoms with Gasteiger partial charge in [0.15, 0.2) is 0 Å². The molecule has 1 aliphatic carbocycles. The summed E-state index contributed by atoms with van der Waals surface area (Å²) in [7, 11) is 0. The second kappa shape index (κ2) is 5.23. The van der Waals surface area contributed by atoms with Gasteiger partial charge in [-0.1, -0.05) is 25.5 Å². The average Bonchev–Trinajstić information content (AvgIpc) is 2.58. The standard InChI is InChI=1S/C16H25NO3/c1-10(2)13-16(4,5)20-15(19)17(13)14(18)12-8-6-11(3)7-9-12/h6,10,12-13H,7-9H2,1-5H3/t12-,13-/m0/s1. The zero-order chi connectivity index (χ0) is 15.1. The zero-order valence-electron chi connectivity index (χ0n) is 13.1. The molecule has 20 heavy (non-hydrogen) atoms. The van der Waals surface area contributed by atoms with E-state index in [9.17, 15) is 9.59 Å². The van der Waals surface area contributed by atoms with E-state index in [0.29, 0.717) is 0 Å². The molecule has 1 fully saturated rings. The van der Waals surface area contributed by atoms with Crippen molar-refractivity contribution in [1.82, 2.24) is 4.90 Å². The van der Waals surface area contributed by atoms with Crippen LogP contribution in [-0.2, 0) is 9.53 Å². The number of allylic oxidation sites excluding steroid dienone is 2. The molecule has 0 spiro atoms. The Kier molecular flexibility index (Phi) is 3.94. The summed E-state index contributed by atoms with van der Waals surface area (Å²) < 4.78 is 5.42. The predicted molar refractivity (Wildman–Crippen MR) is 77.1 cm³/mol. The van der Waals surface area contributed by atoms with Crippen molar-refractivity contribution < 1.29 is 14.3 Å². The second-order valence-corrected chi connectivity index (χ2v) is 6.89. The number of imide groups is 1. The quantitative estimate of drug-likeness (QED) is 0.727. The molecule has 4 nitrogen and oxygen atoms in total. The van der Waals surface area contributed by atoms with Crippen molar-refractivity contribution in [1.29, 1.82) is 0 Å². The van der Waals surface area contributed by atoms with E-state index in [-0.39, 0.29) is 23.8 Å². The summed E-state index contributed by atoms with van der Waals surface area (Å²) in [5.41, 5.74) is 0.722. The monoisotopic (exact) mass is 279 g/mol. The number of rotatable bonds is 2. The molecule has 2 atom stereocenters. The van der Waals surface area contributed by atoms with Crippen LogP contribution in [0.5, 0.6) is 0 Å². The first-order valence-electron chi connectivity index (χ1n) is 7.45. The highest BCUT2D eigenvalue weighted by Crippen LogP contribution is 2.36. The van der Waals surface area contributed by atoms with Crippen LogP contribution in [0.4, 0.5) is 4.79 Å². The molecule has 1 aliphatic heterocycles. The third-order valence-corrected chi connectivity index (χ3v) is 4.39. The van der Waals surface area contributed by atoms with Crippen molar-refractivity contribution in [2.45, 2.75) is 65.5 Å². The van der Waals surface area contributed by atoms with E-state index in [2.05, 4.69) is 13.0 Å². The van der Waals surface area contributed by atoms with Gasteiger partial charge in [0, 0.05) is 5.92 Å². The molecule has 0 bridgehead atoms. The van der Waals surface area contributed by atoms with Gasteiger partial charge in [-0.05, 0) is 46.0 Å². The highest BCUT2D eigenvalue weighted by Gasteiger charge is 2.52. The highest BCUT2D eigenvalue weighted by atomic mass is 16.6. The molecule has 2 aliphatic rings. The van der Waals surface area contributed by atoms with E-state index < -0.39 is 11.7 Å². The van der Waals surface area contributed by atoms with Crippen molar-refractivity contribution in [2.24, 2.45) is 11.8 Å². The minimum absolute atomic E-state index is 0.0666. The Morgan fingerprint density at radius 2 is 2.10 bits per heavy atom. The third kappa shape index (κ3) is 2.60. The fraction of sp³-hybridized carbons (Fsp3) is 0.750. The maximum Gasteiger partial charge on any atom is 0.417 e. The van der Waals surface area contributed by atoms with Gasteiger partial charge in [-0.25, -0.2) is 9.69 Å². The lowest BCUT2D eigenvalue weighted by Crippen LogP contribution is -2.50. The molecule has 0 N–H and O–H groups in total. The Morgan fingerprint density at radius 3 is 2.60 bits per heavy atom. The summed E-state index contributed by atoms with van der Waals surface area (Å²) in [5.74, 6) is 0.0330. The SMILES string of the molecule is CC1=CC[C@H](C(=O)N2C(=O)OC(C)(C)[C@@H]2C(C)C)CC1. The molecule has 0 radical (unpaired) electrons. The Balaban J connectivity index is 2.22. The summed E-state index contributed by atoms with van der Waals surface area (Å²) in [5, 5.41) is 0. The van der Waals surface area contributed by atoms with E-state index in [4.69, 9.17) is 4.74 Å². The van der Waals surface area contributed by atoms with E-state index in [1.807, 2.05) is 27.7 Å². The molecule has 2 amide bonds. The molecule has 1 saturated heterocycles. The number of ether oxygens (including phenoxy) is 1. The fourth-order valence-corrected chi connectivity index (χ4v) is 3.47. The van der Waals surface area contributed by atoms with Gasteiger partial charge in [-0.3, -0.25) is 4.79 Å². The second-order valence-electron chi connectivity index (χ2n) is 6.89. The molecule has 2 rings (SSSR count). The van der Waals surface area contributed by atoms with Crippen LogP contribution in [0.15, 0.2) is 11.6 Å². The molecule has 0 aromatic rings. The van der Waals surface area contributed by atoms with Gasteiger partial charge < -0.3 is 4.74 Å². The Labute approximate surface area is 121 Å². The largest absolute Gasteiger partial charge is 0.441 e. The zero-order valence-corrected chi connectivity index (χ0v) is 13.1. The van der Waals surface area contributed by atoms with Crippen LogP contribution < -0.4 is 0 Å². The van der Waals surface area contributed by atoms with Crippen molar-refractivity contribution in [3.05, 3.63) is 11.6 Å². The van der Waals surface area contributed by atoms with Gasteiger partial charge in [-0.2, -0.15) is 0 Å². The highest BCUT2D eigenvalue weighted by molar-refractivity contribution is 5.95. The normalized spacial score (nSPS) is 29.4. The van der Waals surface area contributed by atoms with Crippen LogP contribution >= 0.6 is 0 Å². The molecular formula is C16H25NO3. The summed E-state index contributed by atoms with van der Waals surface area (Å²) in [4.78, 5) is 26.2. The number of hydrogen-bond acceptors (Lipinski definition) is 3. The van der Waals surface area contributed by atoms with Gasteiger partial charge >= 0.3 is 6.09 Å². The van der Waals surface area contributed by atoms with Crippen LogP contribution in [0.1, 0.15) is 53.9 Å². The Morgan fingerprint density at radius 1 is 1.45 bits per heavy atom. The summed E-state index contributed by atoms with van der Waals surface area (Å²) >= 11 is 0. The van der Waals surface area contributed by atoms with Crippen molar-refractivity contribution in [3.63, 3.8) is 0 Å². The van der Waals surface area contributed by atoms with Crippen LogP contribution in [0.25, 0.3) is 0 Å². The van der Waals surface area contributed by atoms with Crippen LogP contribution in [0.2, 0.25) is 0 Å². The van der Waals surface area contributed by atoms with E-state index in [1.165, 1.54) is 10.5 Å². The summed E-state index contributed by atoms with van der Waals surface area (Å²) in [6, 6.07) is -0.186. The molecule has 0 aromatic heterocycles. The molecule has 4 heteroatoms. The van der Waals surface area contributed by atoms with Crippen LogP contribution in [-0.4, -0.2) is 28.5 Å². The molecule has 112 valence electrons. The average molecular weight is 279 g/mol. The number of cyclic esters (lactones) is 1. The smallest absolute Gasteiger partial charge is 0.417 e. The summed E-state index contributed by atoms with van der Waals surface area (Å²) in [6.07, 6.45) is 4.14. The summed E-state index contributed by atoms with van der Waals surface area (Å²) in [6.45, 7) is 9.91. The van der Waals surface area contributed by atoms with Crippen molar-refractivity contribution >= 4 is 12.0 Å². The van der Waals surface area contributed by atoms with Crippen molar-refractivity contribution in [3.8, 4) is 0 Å². The Bertz CT molecular complexity index is 451. The van der Waals surface area contributed by atoms with Crippen molar-refractivity contribution in [2.75, 3.05) is 0 Å². The minimum Gasteiger partial charge on any atom is -0.441 e. The van der Waals surface area contributed by atoms with Gasteiger partial charge in [0.25, 0.3) is 0 Å². The van der Waals surface area contributed by atoms with Crippen LogP contribution in [0, 0.1) is 11.8 Å². The van der Waals surface area contributed by atoms with Gasteiger partial charge in [0.05, 0.1) is 6.04 Å². The Hall–Kier alpha value is -1.32. The van der Waals surface area contributed by atoms with E-state index in [1.54, 1.807) is 0 Å². The van der Waals surface area contributed by atoms with E-state index >= 15 is 0 Å². The molecule has 0 aromatic carbocycles. The molecule has 0 saturated carbocycles. The van der Waals surface area contributed by atoms with Gasteiger partial charge in [0.1, 0.15) is 5.60 Å².